The summed E-state index contributed by atoms with van der Waals surface area (Å²) in [6, 6.07) is 3.58. The van der Waals surface area contributed by atoms with Crippen molar-refractivity contribution < 1.29 is 32.2 Å². The summed E-state index contributed by atoms with van der Waals surface area (Å²) in [6.45, 7) is 1.01. The fourth-order valence-electron chi connectivity index (χ4n) is 1.54. The number of alkyl halides is 3. The average Bonchev–Trinajstić information content (AvgIpc) is 2.44. The summed E-state index contributed by atoms with van der Waals surface area (Å²) < 4.78 is 46.7. The molecule has 0 radical (unpaired) electrons. The fourth-order valence-corrected chi connectivity index (χ4v) is 1.54. The Morgan fingerprint density at radius 3 is 2.21 bits per heavy atom. The lowest BCUT2D eigenvalue weighted by molar-refractivity contribution is -0.152. The molecule has 1 atom stereocenters. The lowest BCUT2D eigenvalue weighted by atomic mass is 10.2. The zero-order chi connectivity index (χ0) is 17.6. The van der Waals surface area contributed by atoms with Gasteiger partial charge < -0.3 is 15.2 Å². The van der Waals surface area contributed by atoms with Crippen LogP contribution in [0.4, 0.5) is 23.7 Å². The van der Waals surface area contributed by atoms with E-state index in [2.05, 4.69) is 9.47 Å². The third kappa shape index (κ3) is 7.05. The van der Waals surface area contributed by atoms with Crippen LogP contribution >= 0.6 is 12.4 Å². The molecule has 0 aromatic heterocycles. The van der Waals surface area contributed by atoms with Gasteiger partial charge in [0.1, 0.15) is 0 Å². The van der Waals surface area contributed by atoms with Gasteiger partial charge in [0.2, 0.25) is 6.79 Å². The first-order valence-corrected chi connectivity index (χ1v) is 6.60. The van der Waals surface area contributed by atoms with Crippen LogP contribution in [0.2, 0.25) is 0 Å². The number of esters is 1. The van der Waals surface area contributed by atoms with Crippen molar-refractivity contribution in [1.82, 2.24) is 0 Å². The molecule has 0 spiro atoms. The highest BCUT2D eigenvalue weighted by Gasteiger charge is 2.30. The van der Waals surface area contributed by atoms with E-state index in [1.807, 2.05) is 0 Å². The predicted molar refractivity (Wildman–Crippen MR) is 82.8 cm³/mol. The molecular formula is C14H18ClF3N2O4. The van der Waals surface area contributed by atoms with E-state index in [4.69, 9.17) is 5.73 Å². The first-order chi connectivity index (χ1) is 10.6. The molecule has 0 fully saturated rings. The minimum Gasteiger partial charge on any atom is -0.428 e. The van der Waals surface area contributed by atoms with Crippen LogP contribution in [-0.2, 0) is 20.4 Å². The molecule has 1 aromatic carbocycles. The van der Waals surface area contributed by atoms with Crippen LogP contribution < -0.4 is 10.6 Å². The van der Waals surface area contributed by atoms with E-state index in [1.54, 1.807) is 6.92 Å². The molecule has 1 amide bonds. The first-order valence-electron chi connectivity index (χ1n) is 6.60. The van der Waals surface area contributed by atoms with Gasteiger partial charge in [0.25, 0.3) is 0 Å². The van der Waals surface area contributed by atoms with E-state index < -0.39 is 30.6 Å². The number of rotatable bonds is 5. The van der Waals surface area contributed by atoms with Gasteiger partial charge in [0, 0.05) is 18.8 Å². The Bertz CT molecular complexity index is 550. The minimum atomic E-state index is -4.45. The smallest absolute Gasteiger partial charge is 0.416 e. The Kier molecular flexibility index (Phi) is 8.56. The highest BCUT2D eigenvalue weighted by atomic mass is 35.5. The highest BCUT2D eigenvalue weighted by molar-refractivity contribution is 5.87. The number of carbonyl (C=O) groups excluding carboxylic acids is 2. The largest absolute Gasteiger partial charge is 0.428 e. The van der Waals surface area contributed by atoms with Crippen molar-refractivity contribution in [3.8, 4) is 0 Å². The number of hydrogen-bond donors (Lipinski definition) is 1. The van der Waals surface area contributed by atoms with Crippen molar-refractivity contribution in [2.45, 2.75) is 25.6 Å². The van der Waals surface area contributed by atoms with Crippen molar-refractivity contribution in [3.05, 3.63) is 29.8 Å². The van der Waals surface area contributed by atoms with Crippen LogP contribution in [0.3, 0.4) is 0 Å². The molecule has 1 aromatic rings. The number of ether oxygens (including phenoxy) is 2. The minimum absolute atomic E-state index is 0. The lowest BCUT2D eigenvalue weighted by Gasteiger charge is -2.17. The summed E-state index contributed by atoms with van der Waals surface area (Å²) in [5, 5.41) is 0. The lowest BCUT2D eigenvalue weighted by Crippen LogP contribution is -2.29. The number of nitrogens with two attached hydrogens (primary N) is 1. The second-order valence-corrected chi connectivity index (χ2v) is 4.83. The fraction of sp³-hybridized carbons (Fsp3) is 0.429. The topological polar surface area (TPSA) is 81.9 Å². The van der Waals surface area contributed by atoms with Gasteiger partial charge in [-0.05, 0) is 31.2 Å². The second-order valence-electron chi connectivity index (χ2n) is 4.83. The normalized spacial score (nSPS) is 11.9. The number of carbonyl (C=O) groups is 2. The van der Waals surface area contributed by atoms with E-state index in [0.717, 1.165) is 29.2 Å². The maximum absolute atomic E-state index is 12.4. The molecule has 0 aliphatic rings. The highest BCUT2D eigenvalue weighted by Crippen LogP contribution is 2.30. The molecule has 136 valence electrons. The third-order valence-electron chi connectivity index (χ3n) is 2.75. The van der Waals surface area contributed by atoms with Crippen molar-refractivity contribution >= 4 is 30.2 Å². The van der Waals surface area contributed by atoms with Crippen LogP contribution in [0, 0.1) is 0 Å². The molecular weight excluding hydrogens is 353 g/mol. The zero-order valence-electron chi connectivity index (χ0n) is 13.0. The van der Waals surface area contributed by atoms with Gasteiger partial charge in [-0.1, -0.05) is 0 Å². The summed E-state index contributed by atoms with van der Waals surface area (Å²) in [5.74, 6) is -0.620. The summed E-state index contributed by atoms with van der Waals surface area (Å²) in [6.07, 6.45) is -5.35. The molecule has 24 heavy (non-hydrogen) atoms. The maximum Gasteiger partial charge on any atom is 0.416 e. The van der Waals surface area contributed by atoms with Crippen molar-refractivity contribution in [2.75, 3.05) is 18.7 Å². The maximum atomic E-state index is 12.4. The molecule has 0 aliphatic heterocycles. The zero-order valence-corrected chi connectivity index (χ0v) is 13.8. The molecule has 10 heteroatoms. The van der Waals surface area contributed by atoms with Crippen LogP contribution in [0.1, 0.15) is 18.9 Å². The SMILES string of the molecule is CC(N)CC(=O)OCOC(=O)N(C)c1ccc(C(F)(F)F)cc1.Cl. The number of hydrogen-bond acceptors (Lipinski definition) is 5. The third-order valence-corrected chi connectivity index (χ3v) is 2.75. The van der Waals surface area contributed by atoms with Crippen molar-refractivity contribution in [1.29, 1.82) is 0 Å². The van der Waals surface area contributed by atoms with E-state index in [0.29, 0.717) is 0 Å². The van der Waals surface area contributed by atoms with Gasteiger partial charge in [0.05, 0.1) is 12.0 Å². The Morgan fingerprint density at radius 1 is 1.21 bits per heavy atom. The van der Waals surface area contributed by atoms with Gasteiger partial charge in [-0.25, -0.2) is 4.79 Å². The van der Waals surface area contributed by atoms with E-state index in [9.17, 15) is 22.8 Å². The van der Waals surface area contributed by atoms with E-state index in [-0.39, 0.29) is 30.6 Å². The standard InChI is InChI=1S/C14H17F3N2O4.ClH/c1-9(18)7-12(20)22-8-23-13(21)19(2)11-5-3-10(4-6-11)14(15,16)17;/h3-6,9H,7-8,18H2,1-2H3;1H. The van der Waals surface area contributed by atoms with Gasteiger partial charge >= 0.3 is 18.2 Å². The Morgan fingerprint density at radius 2 is 1.75 bits per heavy atom. The number of anilines is 1. The number of nitrogens with zero attached hydrogens (tertiary/aromatic N) is 1. The Labute approximate surface area is 143 Å². The molecule has 2 N–H and O–H groups in total. The van der Waals surface area contributed by atoms with E-state index in [1.165, 1.54) is 7.05 Å². The van der Waals surface area contributed by atoms with Crippen LogP contribution in [-0.4, -0.2) is 31.9 Å². The molecule has 1 unspecified atom stereocenters. The van der Waals surface area contributed by atoms with Crippen molar-refractivity contribution in [3.63, 3.8) is 0 Å². The molecule has 0 saturated carbocycles. The van der Waals surface area contributed by atoms with Crippen LogP contribution in [0.5, 0.6) is 0 Å². The molecule has 0 aliphatic carbocycles. The monoisotopic (exact) mass is 370 g/mol. The number of benzene rings is 1. The Hall–Kier alpha value is -2.00. The van der Waals surface area contributed by atoms with Crippen LogP contribution in [0.25, 0.3) is 0 Å². The molecule has 0 saturated heterocycles. The summed E-state index contributed by atoms with van der Waals surface area (Å²) in [7, 11) is 1.31. The predicted octanol–water partition coefficient (Wildman–Crippen LogP) is 2.94. The number of amides is 1. The second kappa shape index (κ2) is 9.33. The summed E-state index contributed by atoms with van der Waals surface area (Å²) in [5.41, 5.74) is 4.77. The molecule has 0 bridgehead atoms. The van der Waals surface area contributed by atoms with Gasteiger partial charge in [0.15, 0.2) is 0 Å². The van der Waals surface area contributed by atoms with Crippen molar-refractivity contribution in [2.24, 2.45) is 5.73 Å². The van der Waals surface area contributed by atoms with Gasteiger partial charge in [-0.2, -0.15) is 13.2 Å². The summed E-state index contributed by atoms with van der Waals surface area (Å²) in [4.78, 5) is 23.9. The molecule has 0 heterocycles. The van der Waals surface area contributed by atoms with E-state index >= 15 is 0 Å². The van der Waals surface area contributed by atoms with Gasteiger partial charge in [-0.3, -0.25) is 9.69 Å². The van der Waals surface area contributed by atoms with Gasteiger partial charge in [-0.15, -0.1) is 12.4 Å². The average molecular weight is 371 g/mol. The molecule has 1 rings (SSSR count). The van der Waals surface area contributed by atoms with Crippen LogP contribution in [0.15, 0.2) is 24.3 Å². The Balaban J connectivity index is 0.00000529. The quantitative estimate of drug-likeness (QED) is 0.636. The number of halogens is 4. The summed E-state index contributed by atoms with van der Waals surface area (Å²) >= 11 is 0. The molecule has 6 nitrogen and oxygen atoms in total. The first kappa shape index (κ1) is 22.0.